The number of para-hydroxylation sites is 1. The van der Waals surface area contributed by atoms with Gasteiger partial charge < -0.3 is 25.5 Å². The number of aromatic amines is 1. The van der Waals surface area contributed by atoms with Gasteiger partial charge in [-0.05, 0) is 36.2 Å². The third kappa shape index (κ3) is 4.01. The normalized spacial score (nSPS) is 15.1. The topological polar surface area (TPSA) is 108 Å². The lowest BCUT2D eigenvalue weighted by atomic mass is 10.1. The van der Waals surface area contributed by atoms with Crippen molar-refractivity contribution in [2.24, 2.45) is 5.73 Å². The van der Waals surface area contributed by atoms with Crippen LogP contribution in [-0.4, -0.2) is 58.8 Å². The van der Waals surface area contributed by atoms with Crippen LogP contribution in [0.15, 0.2) is 42.5 Å². The van der Waals surface area contributed by atoms with E-state index in [-0.39, 0.29) is 0 Å². The molecule has 1 saturated heterocycles. The maximum Gasteiger partial charge on any atom is 0.410 e. The highest BCUT2D eigenvalue weighted by atomic mass is 16.5. The van der Waals surface area contributed by atoms with Gasteiger partial charge in [0.2, 0.25) is 5.95 Å². The quantitative estimate of drug-likeness (QED) is 0.625. The van der Waals surface area contributed by atoms with Crippen LogP contribution in [0, 0.1) is 0 Å². The summed E-state index contributed by atoms with van der Waals surface area (Å²) in [5.41, 5.74) is 7.76. The number of hydrogen-bond acceptors (Lipinski definition) is 6. The molecule has 4 rings (SSSR count). The Bertz CT molecular complexity index is 962. The number of piperazine rings is 1. The van der Waals surface area contributed by atoms with Crippen molar-refractivity contribution in [2.75, 3.05) is 37.6 Å². The Kier molecular flexibility index (Phi) is 5.03. The molecule has 0 spiro atoms. The molecule has 2 heterocycles. The Morgan fingerprint density at radius 3 is 2.61 bits per heavy atom. The number of amides is 1. The Morgan fingerprint density at radius 2 is 1.89 bits per heavy atom. The van der Waals surface area contributed by atoms with Crippen LogP contribution in [0.25, 0.3) is 11.0 Å². The minimum absolute atomic E-state index is 0.299. The number of nitrogens with zero attached hydrogens (tertiary/aromatic N) is 3. The molecule has 1 amide bonds. The summed E-state index contributed by atoms with van der Waals surface area (Å²) in [6.45, 7) is 4.59. The van der Waals surface area contributed by atoms with Gasteiger partial charge in [-0.2, -0.15) is 0 Å². The van der Waals surface area contributed by atoms with Crippen molar-refractivity contribution in [2.45, 2.75) is 6.42 Å². The molecule has 0 atom stereocenters. The number of fused-ring (bicyclic) bond motifs is 1. The highest BCUT2D eigenvalue weighted by Crippen LogP contribution is 2.26. The summed E-state index contributed by atoms with van der Waals surface area (Å²) in [5.74, 6) is 1.43. The number of aromatic nitrogens is 2. The molecule has 0 unspecified atom stereocenters. The number of hydrogen-bond donors (Lipinski definition) is 3. The number of ether oxygens (including phenoxy) is 1. The number of nitrogens with two attached hydrogens (primary N) is 1. The van der Waals surface area contributed by atoms with Crippen LogP contribution in [0.1, 0.15) is 5.56 Å². The second-order valence-corrected chi connectivity index (χ2v) is 6.88. The summed E-state index contributed by atoms with van der Waals surface area (Å²) in [6.07, 6.45) is 0.109. The lowest BCUT2D eigenvalue weighted by molar-refractivity contribution is 0.211. The molecule has 1 aliphatic heterocycles. The standard InChI is InChI=1S/C20H23N5O3/c21-19(27)28-17-3-1-2-16-18(17)23-20(22-16)25-12-10-24(11-13-25)9-8-14-4-6-15(26)7-5-14/h1-7,26H,8-13H2,(H2,21,27)(H,22,23). The van der Waals surface area contributed by atoms with Crippen molar-refractivity contribution in [3.8, 4) is 11.5 Å². The van der Waals surface area contributed by atoms with Crippen LogP contribution < -0.4 is 15.4 Å². The molecular weight excluding hydrogens is 358 g/mol. The second kappa shape index (κ2) is 7.77. The van der Waals surface area contributed by atoms with Crippen molar-refractivity contribution in [1.82, 2.24) is 14.9 Å². The molecule has 28 heavy (non-hydrogen) atoms. The average molecular weight is 381 g/mol. The molecule has 1 aromatic heterocycles. The van der Waals surface area contributed by atoms with E-state index in [1.54, 1.807) is 24.3 Å². The highest BCUT2D eigenvalue weighted by Gasteiger charge is 2.20. The fraction of sp³-hybridized carbons (Fsp3) is 0.300. The average Bonchev–Trinajstić information content (AvgIpc) is 3.13. The monoisotopic (exact) mass is 381 g/mol. The van der Waals surface area contributed by atoms with Gasteiger partial charge >= 0.3 is 6.09 Å². The second-order valence-electron chi connectivity index (χ2n) is 6.88. The predicted molar refractivity (Wildman–Crippen MR) is 107 cm³/mol. The molecule has 0 radical (unpaired) electrons. The van der Waals surface area contributed by atoms with E-state index in [1.165, 1.54) is 5.56 Å². The van der Waals surface area contributed by atoms with E-state index in [4.69, 9.17) is 10.5 Å². The van der Waals surface area contributed by atoms with Gasteiger partial charge in [0.15, 0.2) is 5.75 Å². The van der Waals surface area contributed by atoms with Crippen LogP contribution in [0.3, 0.4) is 0 Å². The van der Waals surface area contributed by atoms with E-state index in [0.717, 1.165) is 50.6 Å². The number of anilines is 1. The molecule has 146 valence electrons. The van der Waals surface area contributed by atoms with Crippen molar-refractivity contribution < 1.29 is 14.6 Å². The van der Waals surface area contributed by atoms with Crippen LogP contribution in [0.2, 0.25) is 0 Å². The number of primary amides is 1. The van der Waals surface area contributed by atoms with Crippen molar-refractivity contribution in [3.63, 3.8) is 0 Å². The van der Waals surface area contributed by atoms with E-state index in [9.17, 15) is 9.90 Å². The number of carbonyl (C=O) groups is 1. The Hall–Kier alpha value is -3.26. The molecule has 3 aromatic rings. The summed E-state index contributed by atoms with van der Waals surface area (Å²) in [5, 5.41) is 9.37. The first-order chi connectivity index (χ1) is 13.6. The SMILES string of the molecule is NC(=O)Oc1cccc2[nH]c(N3CCN(CCc4ccc(O)cc4)CC3)nc12. The first-order valence-electron chi connectivity index (χ1n) is 9.30. The van der Waals surface area contributed by atoms with Crippen LogP contribution in [-0.2, 0) is 6.42 Å². The van der Waals surface area contributed by atoms with Gasteiger partial charge in [-0.15, -0.1) is 0 Å². The lowest BCUT2D eigenvalue weighted by Crippen LogP contribution is -2.47. The third-order valence-corrected chi connectivity index (χ3v) is 5.00. The summed E-state index contributed by atoms with van der Waals surface area (Å²) >= 11 is 0. The Morgan fingerprint density at radius 1 is 1.14 bits per heavy atom. The molecule has 0 saturated carbocycles. The van der Waals surface area contributed by atoms with E-state index < -0.39 is 6.09 Å². The van der Waals surface area contributed by atoms with Gasteiger partial charge in [0.05, 0.1) is 5.52 Å². The summed E-state index contributed by atoms with van der Waals surface area (Å²) < 4.78 is 5.04. The van der Waals surface area contributed by atoms with E-state index in [2.05, 4.69) is 19.8 Å². The minimum atomic E-state index is -0.848. The number of nitrogens with one attached hydrogen (secondary N) is 1. The molecule has 8 heteroatoms. The number of carbonyl (C=O) groups excluding carboxylic acids is 1. The van der Waals surface area contributed by atoms with Gasteiger partial charge in [-0.1, -0.05) is 18.2 Å². The molecule has 2 aromatic carbocycles. The molecule has 8 nitrogen and oxygen atoms in total. The van der Waals surface area contributed by atoms with Crippen molar-refractivity contribution >= 4 is 23.1 Å². The Balaban J connectivity index is 1.37. The van der Waals surface area contributed by atoms with E-state index in [0.29, 0.717) is 17.0 Å². The molecule has 4 N–H and O–H groups in total. The maximum atomic E-state index is 11.1. The first kappa shape index (κ1) is 18.1. The highest BCUT2D eigenvalue weighted by molar-refractivity contribution is 5.86. The number of H-pyrrole nitrogens is 1. The molecule has 1 fully saturated rings. The van der Waals surface area contributed by atoms with E-state index in [1.807, 2.05) is 18.2 Å². The minimum Gasteiger partial charge on any atom is -0.508 e. The number of imidazole rings is 1. The van der Waals surface area contributed by atoms with Gasteiger partial charge in [0.1, 0.15) is 11.3 Å². The number of aromatic hydroxyl groups is 1. The smallest absolute Gasteiger partial charge is 0.410 e. The van der Waals surface area contributed by atoms with Gasteiger partial charge in [-0.25, -0.2) is 9.78 Å². The largest absolute Gasteiger partial charge is 0.508 e. The first-order valence-corrected chi connectivity index (χ1v) is 9.30. The van der Waals surface area contributed by atoms with Crippen molar-refractivity contribution in [3.05, 3.63) is 48.0 Å². The molecule has 0 aliphatic carbocycles. The van der Waals surface area contributed by atoms with Crippen LogP contribution in [0.4, 0.5) is 10.7 Å². The van der Waals surface area contributed by atoms with Gasteiger partial charge in [0.25, 0.3) is 0 Å². The molecule has 0 bridgehead atoms. The van der Waals surface area contributed by atoms with Gasteiger partial charge in [-0.3, -0.25) is 4.90 Å². The van der Waals surface area contributed by atoms with Crippen molar-refractivity contribution in [1.29, 1.82) is 0 Å². The lowest BCUT2D eigenvalue weighted by Gasteiger charge is -2.34. The molecule has 1 aliphatic rings. The van der Waals surface area contributed by atoms with Gasteiger partial charge in [0, 0.05) is 32.7 Å². The molecular formula is C20H23N5O3. The maximum absolute atomic E-state index is 11.1. The number of phenolic OH excluding ortho intramolecular Hbond substituents is 1. The van der Waals surface area contributed by atoms with Crippen LogP contribution >= 0.6 is 0 Å². The zero-order valence-electron chi connectivity index (χ0n) is 15.5. The number of rotatable bonds is 5. The summed E-state index contributed by atoms with van der Waals surface area (Å²) in [6, 6.07) is 12.8. The fourth-order valence-electron chi connectivity index (χ4n) is 3.47. The zero-order valence-corrected chi connectivity index (χ0v) is 15.5. The number of phenols is 1. The summed E-state index contributed by atoms with van der Waals surface area (Å²) in [7, 11) is 0. The third-order valence-electron chi connectivity index (χ3n) is 5.00. The Labute approximate surface area is 162 Å². The fourth-order valence-corrected chi connectivity index (χ4v) is 3.47. The number of benzene rings is 2. The van der Waals surface area contributed by atoms with Crippen LogP contribution in [0.5, 0.6) is 11.5 Å². The predicted octanol–water partition coefficient (Wildman–Crippen LogP) is 2.09. The van der Waals surface area contributed by atoms with E-state index >= 15 is 0 Å². The summed E-state index contributed by atoms with van der Waals surface area (Å²) in [4.78, 5) is 23.6. The zero-order chi connectivity index (χ0) is 19.5.